The van der Waals surface area contributed by atoms with E-state index in [9.17, 15) is 4.79 Å². The van der Waals surface area contributed by atoms with Crippen molar-refractivity contribution in [3.8, 4) is 0 Å². The van der Waals surface area contributed by atoms with Crippen LogP contribution in [0.1, 0.15) is 39.0 Å². The Bertz CT molecular complexity index is 256. The number of hydrogen-bond donors (Lipinski definition) is 2. The number of carbonyl (C=O) groups is 1. The van der Waals surface area contributed by atoms with Crippen LogP contribution in [0.5, 0.6) is 0 Å². The minimum atomic E-state index is -0.0739. The number of nitrogens with one attached hydrogen (secondary N) is 2. The molecule has 0 aromatic carbocycles. The molecule has 0 radical (unpaired) electrons. The van der Waals surface area contributed by atoms with Crippen molar-refractivity contribution < 1.29 is 9.53 Å². The van der Waals surface area contributed by atoms with E-state index in [1.54, 1.807) is 0 Å². The lowest BCUT2D eigenvalue weighted by Crippen LogP contribution is -2.50. The molecule has 2 fully saturated rings. The van der Waals surface area contributed by atoms with Gasteiger partial charge in [-0.1, -0.05) is 19.8 Å². The second kappa shape index (κ2) is 5.83. The highest BCUT2D eigenvalue weighted by atomic mass is 16.5. The van der Waals surface area contributed by atoms with Crippen LogP contribution >= 0.6 is 0 Å². The normalized spacial score (nSPS) is 27.9. The zero-order valence-corrected chi connectivity index (χ0v) is 10.8. The molecular weight excluding hydrogens is 216 g/mol. The van der Waals surface area contributed by atoms with E-state index in [-0.39, 0.29) is 17.4 Å². The smallest absolute Gasteiger partial charge is 0.226 e. The topological polar surface area (TPSA) is 50.4 Å². The summed E-state index contributed by atoms with van der Waals surface area (Å²) >= 11 is 0. The van der Waals surface area contributed by atoms with E-state index in [0.29, 0.717) is 13.2 Å². The molecule has 1 saturated heterocycles. The molecule has 1 aliphatic heterocycles. The highest BCUT2D eigenvalue weighted by molar-refractivity contribution is 5.82. The van der Waals surface area contributed by atoms with Crippen LogP contribution in [0.4, 0.5) is 0 Å². The van der Waals surface area contributed by atoms with E-state index >= 15 is 0 Å². The van der Waals surface area contributed by atoms with Gasteiger partial charge in [0, 0.05) is 24.5 Å². The number of hydrogen-bond acceptors (Lipinski definition) is 3. The Morgan fingerprint density at radius 2 is 2.24 bits per heavy atom. The Balaban J connectivity index is 1.79. The van der Waals surface area contributed by atoms with Gasteiger partial charge in [0.2, 0.25) is 5.91 Å². The zero-order valence-electron chi connectivity index (χ0n) is 10.8. The van der Waals surface area contributed by atoms with Crippen LogP contribution < -0.4 is 10.6 Å². The lowest BCUT2D eigenvalue weighted by atomic mass is 9.82. The summed E-state index contributed by atoms with van der Waals surface area (Å²) < 4.78 is 5.38. The van der Waals surface area contributed by atoms with Crippen LogP contribution in [-0.2, 0) is 9.53 Å². The molecule has 0 aromatic heterocycles. The van der Waals surface area contributed by atoms with Gasteiger partial charge >= 0.3 is 0 Å². The molecule has 2 N–H and O–H groups in total. The Labute approximate surface area is 103 Å². The van der Waals surface area contributed by atoms with Gasteiger partial charge in [-0.05, 0) is 19.3 Å². The van der Waals surface area contributed by atoms with Crippen LogP contribution in [-0.4, -0.2) is 38.3 Å². The van der Waals surface area contributed by atoms with Crippen molar-refractivity contribution >= 4 is 5.91 Å². The summed E-state index contributed by atoms with van der Waals surface area (Å²) in [7, 11) is 0. The maximum atomic E-state index is 12.3. The van der Waals surface area contributed by atoms with E-state index < -0.39 is 0 Å². The third-order valence-corrected chi connectivity index (χ3v) is 4.23. The van der Waals surface area contributed by atoms with Crippen molar-refractivity contribution in [3.63, 3.8) is 0 Å². The van der Waals surface area contributed by atoms with Crippen molar-refractivity contribution in [1.29, 1.82) is 0 Å². The monoisotopic (exact) mass is 240 g/mol. The van der Waals surface area contributed by atoms with Crippen molar-refractivity contribution in [2.45, 2.75) is 45.1 Å². The molecule has 0 bridgehead atoms. The molecular formula is C13H24N2O2. The molecule has 2 rings (SSSR count). The van der Waals surface area contributed by atoms with E-state index in [4.69, 9.17) is 4.74 Å². The number of amides is 1. The molecule has 1 heterocycles. The zero-order chi connectivity index (χ0) is 12.1. The van der Waals surface area contributed by atoms with E-state index in [1.165, 1.54) is 12.8 Å². The van der Waals surface area contributed by atoms with E-state index in [2.05, 4.69) is 17.6 Å². The van der Waals surface area contributed by atoms with Crippen molar-refractivity contribution in [2.24, 2.45) is 5.41 Å². The van der Waals surface area contributed by atoms with Crippen molar-refractivity contribution in [3.05, 3.63) is 0 Å². The predicted molar refractivity (Wildman–Crippen MR) is 66.8 cm³/mol. The van der Waals surface area contributed by atoms with Crippen molar-refractivity contribution in [1.82, 2.24) is 10.6 Å². The highest BCUT2D eigenvalue weighted by Crippen LogP contribution is 2.40. The molecule has 0 aromatic rings. The van der Waals surface area contributed by atoms with Gasteiger partial charge in [-0.15, -0.1) is 0 Å². The van der Waals surface area contributed by atoms with Gasteiger partial charge in [0.05, 0.1) is 13.2 Å². The number of ether oxygens (including phenoxy) is 1. The number of rotatable bonds is 4. The van der Waals surface area contributed by atoms with Gasteiger partial charge in [0.15, 0.2) is 0 Å². The molecule has 1 atom stereocenters. The fraction of sp³-hybridized carbons (Fsp3) is 0.923. The van der Waals surface area contributed by atoms with Gasteiger partial charge in [-0.2, -0.15) is 0 Å². The van der Waals surface area contributed by atoms with E-state index in [0.717, 1.165) is 32.4 Å². The third-order valence-electron chi connectivity index (χ3n) is 4.23. The lowest BCUT2D eigenvalue weighted by Gasteiger charge is -2.29. The van der Waals surface area contributed by atoms with Gasteiger partial charge in [-0.25, -0.2) is 0 Å². The minimum Gasteiger partial charge on any atom is -0.378 e. The average Bonchev–Trinajstić information content (AvgIpc) is 2.87. The molecule has 4 nitrogen and oxygen atoms in total. The molecule has 98 valence electrons. The molecule has 4 heteroatoms. The van der Waals surface area contributed by atoms with Gasteiger partial charge in [0.1, 0.15) is 0 Å². The molecule has 1 saturated carbocycles. The van der Waals surface area contributed by atoms with Crippen LogP contribution in [0.3, 0.4) is 0 Å². The standard InChI is InChI=1S/C13H24N2O2/c1-2-13(5-3-4-6-13)12(16)15-9-11-10-17-8-7-14-11/h11,14H,2-10H2,1H3,(H,15,16). The summed E-state index contributed by atoms with van der Waals surface area (Å²) in [6.07, 6.45) is 5.49. The van der Waals surface area contributed by atoms with Crippen LogP contribution in [0.2, 0.25) is 0 Å². The first-order valence-corrected chi connectivity index (χ1v) is 6.86. The Hall–Kier alpha value is -0.610. The number of morpholine rings is 1. The van der Waals surface area contributed by atoms with Gasteiger partial charge < -0.3 is 15.4 Å². The summed E-state index contributed by atoms with van der Waals surface area (Å²) in [6, 6.07) is 0.281. The highest BCUT2D eigenvalue weighted by Gasteiger charge is 2.39. The fourth-order valence-corrected chi connectivity index (χ4v) is 2.95. The SMILES string of the molecule is CCC1(C(=O)NCC2COCCN2)CCCC1. The predicted octanol–water partition coefficient (Wildman–Crippen LogP) is 1.06. The van der Waals surface area contributed by atoms with Crippen LogP contribution in [0, 0.1) is 5.41 Å². The Morgan fingerprint density at radius 1 is 1.47 bits per heavy atom. The molecule has 2 aliphatic rings. The van der Waals surface area contributed by atoms with Gasteiger partial charge in [0.25, 0.3) is 0 Å². The van der Waals surface area contributed by atoms with Crippen LogP contribution in [0.15, 0.2) is 0 Å². The first kappa shape index (κ1) is 12.8. The summed E-state index contributed by atoms with van der Waals surface area (Å²) in [4.78, 5) is 12.3. The van der Waals surface area contributed by atoms with Gasteiger partial charge in [-0.3, -0.25) is 4.79 Å². The first-order chi connectivity index (χ1) is 8.27. The fourth-order valence-electron chi connectivity index (χ4n) is 2.95. The van der Waals surface area contributed by atoms with Crippen LogP contribution in [0.25, 0.3) is 0 Å². The molecule has 1 aliphatic carbocycles. The minimum absolute atomic E-state index is 0.0739. The molecule has 1 unspecified atom stereocenters. The summed E-state index contributed by atoms with van der Waals surface area (Å²) in [5.74, 6) is 0.255. The Kier molecular flexibility index (Phi) is 4.40. The summed E-state index contributed by atoms with van der Waals surface area (Å²) in [6.45, 7) is 5.20. The molecule has 1 amide bonds. The lowest BCUT2D eigenvalue weighted by molar-refractivity contribution is -0.131. The maximum absolute atomic E-state index is 12.3. The largest absolute Gasteiger partial charge is 0.378 e. The molecule has 0 spiro atoms. The first-order valence-electron chi connectivity index (χ1n) is 6.86. The quantitative estimate of drug-likeness (QED) is 0.772. The Morgan fingerprint density at radius 3 is 2.82 bits per heavy atom. The average molecular weight is 240 g/mol. The number of carbonyl (C=O) groups excluding carboxylic acids is 1. The van der Waals surface area contributed by atoms with E-state index in [1.807, 2.05) is 0 Å². The summed E-state index contributed by atoms with van der Waals surface area (Å²) in [5.41, 5.74) is -0.0739. The second-order valence-electron chi connectivity index (χ2n) is 5.28. The molecule has 17 heavy (non-hydrogen) atoms. The maximum Gasteiger partial charge on any atom is 0.226 e. The third kappa shape index (κ3) is 2.99. The summed E-state index contributed by atoms with van der Waals surface area (Å²) in [5, 5.41) is 6.46. The van der Waals surface area contributed by atoms with Crippen molar-refractivity contribution in [2.75, 3.05) is 26.3 Å². The second-order valence-corrected chi connectivity index (χ2v) is 5.28.